The monoisotopic (exact) mass is 429 g/mol. The summed E-state index contributed by atoms with van der Waals surface area (Å²) in [6.45, 7) is 8.17. The fourth-order valence-electron chi connectivity index (χ4n) is 5.17. The highest BCUT2D eigenvalue weighted by atomic mass is 35.5. The number of amides is 2. The molecule has 3 aliphatic rings. The van der Waals surface area contributed by atoms with Crippen molar-refractivity contribution in [2.75, 3.05) is 32.8 Å². The van der Waals surface area contributed by atoms with Crippen molar-refractivity contribution in [3.63, 3.8) is 0 Å². The number of hydrogen-bond donors (Lipinski definition) is 2. The van der Waals surface area contributed by atoms with E-state index in [9.17, 15) is 9.59 Å². The molecule has 7 heteroatoms. The summed E-state index contributed by atoms with van der Waals surface area (Å²) in [5.74, 6) is 0.744. The number of ether oxygens (including phenoxy) is 1. The predicted octanol–water partition coefficient (Wildman–Crippen LogP) is 2.89. The third-order valence-electron chi connectivity index (χ3n) is 6.70. The molecule has 2 atom stereocenters. The average molecular weight is 430 g/mol. The number of halogens is 1. The van der Waals surface area contributed by atoms with Gasteiger partial charge in [0.2, 0.25) is 11.8 Å². The van der Waals surface area contributed by atoms with Gasteiger partial charge in [0.15, 0.2) is 0 Å². The third-order valence-corrected chi connectivity index (χ3v) is 6.70. The fraction of sp³-hybridized carbons (Fsp3) is 0.909. The molecule has 1 spiro atoms. The van der Waals surface area contributed by atoms with Crippen LogP contribution in [0.15, 0.2) is 0 Å². The Hall–Kier alpha value is -0.850. The minimum absolute atomic E-state index is 0. The Labute approximate surface area is 182 Å². The smallest absolute Gasteiger partial charge is 0.243 e. The minimum Gasteiger partial charge on any atom is -0.379 e. The molecule has 0 bridgehead atoms. The largest absolute Gasteiger partial charge is 0.379 e. The number of hydrogen-bond acceptors (Lipinski definition) is 4. The van der Waals surface area contributed by atoms with E-state index in [1.165, 1.54) is 0 Å². The maximum atomic E-state index is 13.7. The lowest BCUT2D eigenvalue weighted by molar-refractivity contribution is -0.149. The normalized spacial score (nSPS) is 29.1. The summed E-state index contributed by atoms with van der Waals surface area (Å²) in [6.07, 6.45) is 8.52. The molecule has 0 aromatic heterocycles. The van der Waals surface area contributed by atoms with Gasteiger partial charge in [-0.15, -0.1) is 12.4 Å². The molecule has 0 aromatic rings. The second-order valence-electron chi connectivity index (χ2n) is 9.41. The van der Waals surface area contributed by atoms with Gasteiger partial charge in [-0.1, -0.05) is 26.7 Å². The first-order chi connectivity index (χ1) is 13.5. The molecule has 0 radical (unpaired) electrons. The van der Waals surface area contributed by atoms with Crippen molar-refractivity contribution in [3.05, 3.63) is 0 Å². The second-order valence-corrected chi connectivity index (χ2v) is 9.41. The maximum absolute atomic E-state index is 13.7. The molecule has 3 saturated heterocycles. The molecule has 3 rings (SSSR count). The van der Waals surface area contributed by atoms with Crippen LogP contribution in [0.3, 0.4) is 0 Å². The molecule has 3 heterocycles. The summed E-state index contributed by atoms with van der Waals surface area (Å²) >= 11 is 0. The number of fused-ring (bicyclic) bond motifs is 1. The van der Waals surface area contributed by atoms with Gasteiger partial charge in [-0.2, -0.15) is 0 Å². The molecule has 3 fully saturated rings. The third kappa shape index (κ3) is 6.31. The fourth-order valence-corrected chi connectivity index (χ4v) is 5.17. The van der Waals surface area contributed by atoms with Gasteiger partial charge in [0, 0.05) is 13.2 Å². The molecule has 0 aliphatic carbocycles. The summed E-state index contributed by atoms with van der Waals surface area (Å²) < 4.78 is 5.90. The Morgan fingerprint density at radius 2 is 1.86 bits per heavy atom. The SMILES string of the molecule is CC(C)C[C@H]1COCCCCCC2(CCNCC2)C(=O)N2CCC[C@H]2C(=O)N1.Cl. The van der Waals surface area contributed by atoms with Gasteiger partial charge in [0.05, 0.1) is 18.1 Å². The van der Waals surface area contributed by atoms with E-state index in [0.717, 1.165) is 84.0 Å². The molecule has 0 saturated carbocycles. The van der Waals surface area contributed by atoms with E-state index in [2.05, 4.69) is 24.5 Å². The highest BCUT2D eigenvalue weighted by molar-refractivity contribution is 5.91. The van der Waals surface area contributed by atoms with E-state index in [1.807, 2.05) is 4.90 Å². The van der Waals surface area contributed by atoms with Crippen LogP contribution >= 0.6 is 12.4 Å². The summed E-state index contributed by atoms with van der Waals surface area (Å²) in [5.41, 5.74) is -0.281. The molecule has 29 heavy (non-hydrogen) atoms. The molecule has 168 valence electrons. The van der Waals surface area contributed by atoms with Gasteiger partial charge < -0.3 is 20.3 Å². The van der Waals surface area contributed by atoms with Crippen molar-refractivity contribution >= 4 is 24.2 Å². The predicted molar refractivity (Wildman–Crippen MR) is 117 cm³/mol. The van der Waals surface area contributed by atoms with E-state index in [-0.39, 0.29) is 41.7 Å². The molecule has 3 aliphatic heterocycles. The molecule has 0 unspecified atom stereocenters. The first-order valence-electron chi connectivity index (χ1n) is 11.4. The highest BCUT2D eigenvalue weighted by Gasteiger charge is 2.46. The van der Waals surface area contributed by atoms with Crippen LogP contribution in [0.5, 0.6) is 0 Å². The molecule has 0 aromatic carbocycles. The van der Waals surface area contributed by atoms with Crippen LogP contribution in [0, 0.1) is 11.3 Å². The van der Waals surface area contributed by atoms with Crippen LogP contribution in [0.2, 0.25) is 0 Å². The van der Waals surface area contributed by atoms with E-state index in [1.54, 1.807) is 0 Å². The Bertz CT molecular complexity index is 537. The Morgan fingerprint density at radius 3 is 2.59 bits per heavy atom. The first kappa shape index (κ1) is 24.4. The molecular weight excluding hydrogens is 390 g/mol. The number of nitrogens with zero attached hydrogens (tertiary/aromatic N) is 1. The lowest BCUT2D eigenvalue weighted by Crippen LogP contribution is -2.55. The zero-order valence-corrected chi connectivity index (χ0v) is 19.0. The highest BCUT2D eigenvalue weighted by Crippen LogP contribution is 2.39. The van der Waals surface area contributed by atoms with E-state index in [0.29, 0.717) is 12.5 Å². The Morgan fingerprint density at radius 1 is 1.10 bits per heavy atom. The molecular formula is C22H40ClN3O3. The molecule has 2 N–H and O–H groups in total. The van der Waals surface area contributed by atoms with Crippen molar-refractivity contribution in [2.45, 2.75) is 83.7 Å². The van der Waals surface area contributed by atoms with Crippen molar-refractivity contribution in [1.82, 2.24) is 15.5 Å². The van der Waals surface area contributed by atoms with E-state index >= 15 is 0 Å². The zero-order valence-electron chi connectivity index (χ0n) is 18.2. The van der Waals surface area contributed by atoms with Crippen LogP contribution in [-0.2, 0) is 14.3 Å². The second kappa shape index (κ2) is 11.5. The number of piperidine rings is 1. The van der Waals surface area contributed by atoms with Gasteiger partial charge in [-0.05, 0) is 64.0 Å². The maximum Gasteiger partial charge on any atom is 0.243 e. The summed E-state index contributed by atoms with van der Waals surface area (Å²) in [5, 5.41) is 6.62. The zero-order chi connectivity index (χ0) is 20.0. The van der Waals surface area contributed by atoms with Crippen molar-refractivity contribution in [1.29, 1.82) is 0 Å². The summed E-state index contributed by atoms with van der Waals surface area (Å²) in [4.78, 5) is 28.7. The topological polar surface area (TPSA) is 70.7 Å². The first-order valence-corrected chi connectivity index (χ1v) is 11.4. The minimum atomic E-state index is -0.308. The van der Waals surface area contributed by atoms with Gasteiger partial charge in [0.25, 0.3) is 0 Å². The number of carbonyl (C=O) groups excluding carboxylic acids is 2. The quantitative estimate of drug-likeness (QED) is 0.708. The van der Waals surface area contributed by atoms with E-state index in [4.69, 9.17) is 4.74 Å². The van der Waals surface area contributed by atoms with Gasteiger partial charge >= 0.3 is 0 Å². The number of nitrogens with one attached hydrogen (secondary N) is 2. The van der Waals surface area contributed by atoms with Gasteiger partial charge in [-0.3, -0.25) is 9.59 Å². The Balaban J connectivity index is 0.00000300. The molecule has 6 nitrogen and oxygen atoms in total. The molecule has 2 amide bonds. The number of rotatable bonds is 2. The average Bonchev–Trinajstić information content (AvgIpc) is 3.16. The van der Waals surface area contributed by atoms with Crippen LogP contribution < -0.4 is 10.6 Å². The van der Waals surface area contributed by atoms with Gasteiger partial charge in [-0.25, -0.2) is 0 Å². The lowest BCUT2D eigenvalue weighted by atomic mass is 9.73. The van der Waals surface area contributed by atoms with Crippen molar-refractivity contribution < 1.29 is 14.3 Å². The summed E-state index contributed by atoms with van der Waals surface area (Å²) in [6, 6.07) is -0.280. The standard InChI is InChI=1S/C22H39N3O3.ClH/c1-17(2)15-18-16-28-14-5-3-4-8-22(9-11-23-12-10-22)21(27)25-13-6-7-19(25)20(26)24-18;/h17-19,23H,3-16H2,1-2H3,(H,24,26);1H/t18-,19-;/m0./s1. The van der Waals surface area contributed by atoms with Crippen LogP contribution in [0.1, 0.15) is 71.6 Å². The number of carbonyl (C=O) groups is 2. The van der Waals surface area contributed by atoms with Crippen molar-refractivity contribution in [3.8, 4) is 0 Å². The van der Waals surface area contributed by atoms with Gasteiger partial charge in [0.1, 0.15) is 6.04 Å². The van der Waals surface area contributed by atoms with Crippen LogP contribution in [0.25, 0.3) is 0 Å². The lowest BCUT2D eigenvalue weighted by Gasteiger charge is -2.41. The van der Waals surface area contributed by atoms with Crippen LogP contribution in [-0.4, -0.2) is 61.6 Å². The van der Waals surface area contributed by atoms with E-state index < -0.39 is 0 Å². The van der Waals surface area contributed by atoms with Crippen molar-refractivity contribution in [2.24, 2.45) is 11.3 Å². The van der Waals surface area contributed by atoms with Crippen LogP contribution in [0.4, 0.5) is 0 Å². The Kier molecular flexibility index (Phi) is 9.70. The summed E-state index contributed by atoms with van der Waals surface area (Å²) in [7, 11) is 0.